The minimum Gasteiger partial charge on any atom is -0.465 e. The van der Waals surface area contributed by atoms with Crippen molar-refractivity contribution in [3.05, 3.63) is 11.7 Å². The fourth-order valence-electron chi connectivity index (χ4n) is 1.69. The molecule has 6 nitrogen and oxygen atoms in total. The van der Waals surface area contributed by atoms with Gasteiger partial charge >= 0.3 is 5.97 Å². The van der Waals surface area contributed by atoms with Crippen molar-refractivity contribution in [1.29, 1.82) is 0 Å². The number of aromatic nitrogens is 2. The fraction of sp³-hybridized carbons (Fsp3) is 0.769. The molecule has 1 heterocycles. The van der Waals surface area contributed by atoms with Crippen LogP contribution in [0.25, 0.3) is 0 Å². The zero-order valence-corrected chi connectivity index (χ0v) is 12.2. The van der Waals surface area contributed by atoms with E-state index in [0.29, 0.717) is 24.9 Å². The van der Waals surface area contributed by atoms with Crippen LogP contribution in [-0.2, 0) is 16.1 Å². The smallest absolute Gasteiger partial charge is 0.320 e. The molecule has 0 fully saturated rings. The predicted molar refractivity (Wildman–Crippen MR) is 70.6 cm³/mol. The maximum absolute atomic E-state index is 11.5. The quantitative estimate of drug-likeness (QED) is 0.672. The number of hydrogen-bond donors (Lipinski definition) is 0. The predicted octanol–water partition coefficient (Wildman–Crippen LogP) is 1.97. The highest BCUT2D eigenvalue weighted by atomic mass is 16.5. The molecule has 0 atom stereocenters. The highest BCUT2D eigenvalue weighted by Crippen LogP contribution is 2.12. The molecule has 19 heavy (non-hydrogen) atoms. The Bertz CT molecular complexity index is 390. The number of rotatable bonds is 8. The number of esters is 1. The standard InChI is InChI=1S/C13H23N3O3/c1-5-7-16(9-12(17)18-6-2)8-11-14-13(10(3)4)19-15-11/h10H,5-9H2,1-4H3. The van der Waals surface area contributed by atoms with Crippen LogP contribution in [0.1, 0.15) is 51.7 Å². The Hall–Kier alpha value is -1.43. The molecular formula is C13H23N3O3. The molecule has 0 aromatic carbocycles. The van der Waals surface area contributed by atoms with E-state index in [0.717, 1.165) is 13.0 Å². The zero-order valence-electron chi connectivity index (χ0n) is 12.2. The van der Waals surface area contributed by atoms with Gasteiger partial charge in [0.25, 0.3) is 0 Å². The molecular weight excluding hydrogens is 246 g/mol. The number of ether oxygens (including phenoxy) is 1. The molecule has 0 saturated heterocycles. The Labute approximate surface area is 114 Å². The van der Waals surface area contributed by atoms with Crippen LogP contribution in [-0.4, -0.2) is 40.7 Å². The summed E-state index contributed by atoms with van der Waals surface area (Å²) in [7, 11) is 0. The van der Waals surface area contributed by atoms with Gasteiger partial charge in [-0.25, -0.2) is 0 Å². The van der Waals surface area contributed by atoms with E-state index < -0.39 is 0 Å². The van der Waals surface area contributed by atoms with Crippen LogP contribution >= 0.6 is 0 Å². The molecule has 0 spiro atoms. The lowest BCUT2D eigenvalue weighted by atomic mass is 10.2. The minimum atomic E-state index is -0.219. The van der Waals surface area contributed by atoms with Crippen LogP contribution in [0.4, 0.5) is 0 Å². The summed E-state index contributed by atoms with van der Waals surface area (Å²) in [4.78, 5) is 17.8. The van der Waals surface area contributed by atoms with E-state index in [9.17, 15) is 4.79 Å². The van der Waals surface area contributed by atoms with Crippen LogP contribution in [0.2, 0.25) is 0 Å². The molecule has 0 radical (unpaired) electrons. The molecule has 0 aliphatic carbocycles. The largest absolute Gasteiger partial charge is 0.465 e. The Morgan fingerprint density at radius 1 is 1.42 bits per heavy atom. The van der Waals surface area contributed by atoms with Crippen LogP contribution in [0.5, 0.6) is 0 Å². The average molecular weight is 269 g/mol. The first kappa shape index (κ1) is 15.6. The third kappa shape index (κ3) is 5.38. The minimum absolute atomic E-state index is 0.214. The van der Waals surface area contributed by atoms with Gasteiger partial charge in [0.05, 0.1) is 19.7 Å². The maximum atomic E-state index is 11.5. The van der Waals surface area contributed by atoms with Crippen LogP contribution in [0.3, 0.4) is 0 Å². The molecule has 1 aromatic rings. The molecule has 0 aliphatic rings. The molecule has 0 saturated carbocycles. The van der Waals surface area contributed by atoms with Gasteiger partial charge in [-0.15, -0.1) is 0 Å². The summed E-state index contributed by atoms with van der Waals surface area (Å²) in [6.45, 7) is 9.82. The van der Waals surface area contributed by atoms with Crippen LogP contribution < -0.4 is 0 Å². The Morgan fingerprint density at radius 2 is 2.16 bits per heavy atom. The molecule has 1 aromatic heterocycles. The van der Waals surface area contributed by atoms with Gasteiger partial charge in [-0.05, 0) is 19.9 Å². The lowest BCUT2D eigenvalue weighted by molar-refractivity contribution is -0.144. The molecule has 0 amide bonds. The SMILES string of the molecule is CCCN(CC(=O)OCC)Cc1noc(C(C)C)n1. The highest BCUT2D eigenvalue weighted by Gasteiger charge is 2.16. The van der Waals surface area contributed by atoms with E-state index in [4.69, 9.17) is 9.26 Å². The third-order valence-corrected chi connectivity index (χ3v) is 2.54. The Morgan fingerprint density at radius 3 is 2.68 bits per heavy atom. The average Bonchev–Trinajstić information content (AvgIpc) is 2.78. The maximum Gasteiger partial charge on any atom is 0.320 e. The van der Waals surface area contributed by atoms with Gasteiger partial charge < -0.3 is 9.26 Å². The van der Waals surface area contributed by atoms with Crippen molar-refractivity contribution in [2.45, 2.75) is 46.6 Å². The second-order valence-electron chi connectivity index (χ2n) is 4.72. The first-order valence-electron chi connectivity index (χ1n) is 6.77. The monoisotopic (exact) mass is 269 g/mol. The second kappa shape index (κ2) is 7.89. The molecule has 0 aliphatic heterocycles. The van der Waals surface area contributed by atoms with E-state index in [1.54, 1.807) is 6.92 Å². The summed E-state index contributed by atoms with van der Waals surface area (Å²) >= 11 is 0. The van der Waals surface area contributed by atoms with Gasteiger partial charge in [-0.1, -0.05) is 25.9 Å². The number of carbonyl (C=O) groups is 1. The van der Waals surface area contributed by atoms with E-state index in [1.807, 2.05) is 18.7 Å². The van der Waals surface area contributed by atoms with E-state index >= 15 is 0 Å². The van der Waals surface area contributed by atoms with Crippen molar-refractivity contribution in [2.24, 2.45) is 0 Å². The molecule has 6 heteroatoms. The summed E-state index contributed by atoms with van der Waals surface area (Å²) in [5.41, 5.74) is 0. The normalized spacial score (nSPS) is 11.3. The second-order valence-corrected chi connectivity index (χ2v) is 4.72. The molecule has 1 rings (SSSR count). The van der Waals surface area contributed by atoms with Crippen molar-refractivity contribution in [3.8, 4) is 0 Å². The van der Waals surface area contributed by atoms with Gasteiger partial charge in [0, 0.05) is 5.92 Å². The lowest BCUT2D eigenvalue weighted by Gasteiger charge is -2.18. The number of carbonyl (C=O) groups excluding carboxylic acids is 1. The number of hydrogen-bond acceptors (Lipinski definition) is 6. The summed E-state index contributed by atoms with van der Waals surface area (Å²) in [5, 5.41) is 3.93. The molecule has 0 unspecified atom stereocenters. The first-order valence-corrected chi connectivity index (χ1v) is 6.77. The summed E-state index contributed by atoms with van der Waals surface area (Å²) < 4.78 is 10.1. The van der Waals surface area contributed by atoms with Crippen LogP contribution in [0, 0.1) is 0 Å². The van der Waals surface area contributed by atoms with Gasteiger partial charge in [-0.3, -0.25) is 9.69 Å². The summed E-state index contributed by atoms with van der Waals surface area (Å²) in [6, 6.07) is 0. The van der Waals surface area contributed by atoms with Gasteiger partial charge in [0.1, 0.15) is 0 Å². The zero-order chi connectivity index (χ0) is 14.3. The Balaban J connectivity index is 2.58. The van der Waals surface area contributed by atoms with E-state index in [-0.39, 0.29) is 18.4 Å². The van der Waals surface area contributed by atoms with Crippen molar-refractivity contribution in [2.75, 3.05) is 19.7 Å². The highest BCUT2D eigenvalue weighted by molar-refractivity contribution is 5.71. The van der Waals surface area contributed by atoms with Gasteiger partial charge in [-0.2, -0.15) is 4.98 Å². The summed E-state index contributed by atoms with van der Waals surface area (Å²) in [6.07, 6.45) is 0.953. The molecule has 0 N–H and O–H groups in total. The lowest BCUT2D eigenvalue weighted by Crippen LogP contribution is -2.31. The molecule has 0 bridgehead atoms. The van der Waals surface area contributed by atoms with E-state index in [2.05, 4.69) is 17.1 Å². The summed E-state index contributed by atoms with van der Waals surface area (Å²) in [5.74, 6) is 1.23. The van der Waals surface area contributed by atoms with Gasteiger partial charge in [0.15, 0.2) is 5.82 Å². The third-order valence-electron chi connectivity index (χ3n) is 2.54. The van der Waals surface area contributed by atoms with Gasteiger partial charge in [0.2, 0.25) is 5.89 Å². The Kier molecular flexibility index (Phi) is 6.49. The fourth-order valence-corrected chi connectivity index (χ4v) is 1.69. The topological polar surface area (TPSA) is 68.5 Å². The van der Waals surface area contributed by atoms with E-state index in [1.165, 1.54) is 0 Å². The number of nitrogens with zero attached hydrogens (tertiary/aromatic N) is 3. The van der Waals surface area contributed by atoms with Crippen molar-refractivity contribution >= 4 is 5.97 Å². The molecule has 108 valence electrons. The van der Waals surface area contributed by atoms with Crippen LogP contribution in [0.15, 0.2) is 4.52 Å². The van der Waals surface area contributed by atoms with Crippen molar-refractivity contribution in [3.63, 3.8) is 0 Å². The van der Waals surface area contributed by atoms with Crippen molar-refractivity contribution < 1.29 is 14.1 Å². The first-order chi connectivity index (χ1) is 9.06. The van der Waals surface area contributed by atoms with Crippen molar-refractivity contribution in [1.82, 2.24) is 15.0 Å².